The van der Waals surface area contributed by atoms with Crippen molar-refractivity contribution >= 4 is 0 Å². The van der Waals surface area contributed by atoms with Gasteiger partial charge in [-0.25, -0.2) is 0 Å². The van der Waals surface area contributed by atoms with Crippen LogP contribution in [0.2, 0.25) is 0 Å². The van der Waals surface area contributed by atoms with Gasteiger partial charge in [0, 0.05) is 18.8 Å². The zero-order valence-corrected chi connectivity index (χ0v) is 19.1. The maximum atomic E-state index is 10.3. The van der Waals surface area contributed by atoms with Crippen molar-refractivity contribution in [2.45, 2.75) is 83.8 Å². The van der Waals surface area contributed by atoms with Gasteiger partial charge in [0.15, 0.2) is 0 Å². The number of benzene rings is 2. The van der Waals surface area contributed by atoms with E-state index < -0.39 is 6.10 Å². The number of aromatic hydroxyl groups is 1. The molecule has 4 heteroatoms. The van der Waals surface area contributed by atoms with Crippen LogP contribution in [0.1, 0.15) is 86.1 Å². The van der Waals surface area contributed by atoms with Gasteiger partial charge in [-0.2, -0.15) is 0 Å². The molecule has 0 fully saturated rings. The van der Waals surface area contributed by atoms with E-state index in [1.807, 2.05) is 0 Å². The standard InChI is InChI=1S/C27H40O4/c1-22-11-10-13-23(19-22)12-7-9-18-31-17-8-5-3-2-4-6-14-26(29)24-15-16-27(30)25(20-24)21-28/h10-11,13,15-16,19-20,26,28-30H,2-9,12,14,17-18,21H2,1H3/t26-/m0/s1. The van der Waals surface area contributed by atoms with Gasteiger partial charge in [0.25, 0.3) is 0 Å². The number of hydrogen-bond donors (Lipinski definition) is 3. The number of unbranched alkanes of at least 4 members (excludes halogenated alkanes) is 6. The van der Waals surface area contributed by atoms with Crippen LogP contribution in [0, 0.1) is 6.92 Å². The van der Waals surface area contributed by atoms with Gasteiger partial charge in [-0.15, -0.1) is 0 Å². The van der Waals surface area contributed by atoms with Gasteiger partial charge in [0.2, 0.25) is 0 Å². The van der Waals surface area contributed by atoms with E-state index in [1.165, 1.54) is 42.9 Å². The molecule has 0 aliphatic carbocycles. The van der Waals surface area contributed by atoms with E-state index in [2.05, 4.69) is 31.2 Å². The van der Waals surface area contributed by atoms with Crippen LogP contribution in [-0.2, 0) is 17.8 Å². The minimum atomic E-state index is -0.537. The second-order valence-corrected chi connectivity index (χ2v) is 8.53. The Bertz CT molecular complexity index is 744. The quantitative estimate of drug-likeness (QED) is 0.287. The molecule has 0 bridgehead atoms. The number of ether oxygens (including phenoxy) is 1. The van der Waals surface area contributed by atoms with Crippen LogP contribution in [0.4, 0.5) is 0 Å². The summed E-state index contributed by atoms with van der Waals surface area (Å²) in [6, 6.07) is 13.7. The molecule has 0 heterocycles. The van der Waals surface area contributed by atoms with Crippen molar-refractivity contribution in [3.05, 3.63) is 64.7 Å². The molecule has 1 atom stereocenters. The number of aliphatic hydroxyl groups is 2. The lowest BCUT2D eigenvalue weighted by Gasteiger charge is -2.12. The molecule has 0 saturated heterocycles. The molecule has 0 saturated carbocycles. The lowest BCUT2D eigenvalue weighted by atomic mass is 10.00. The van der Waals surface area contributed by atoms with Crippen LogP contribution in [0.25, 0.3) is 0 Å². The molecule has 4 nitrogen and oxygen atoms in total. The van der Waals surface area contributed by atoms with Gasteiger partial charge in [0.1, 0.15) is 5.75 Å². The van der Waals surface area contributed by atoms with Gasteiger partial charge in [-0.05, 0) is 62.3 Å². The third kappa shape index (κ3) is 10.3. The summed E-state index contributed by atoms with van der Waals surface area (Å²) in [5.41, 5.74) is 3.98. The Morgan fingerprint density at radius 1 is 0.839 bits per heavy atom. The Morgan fingerprint density at radius 3 is 2.29 bits per heavy atom. The first-order valence-electron chi connectivity index (χ1n) is 11.8. The molecule has 3 N–H and O–H groups in total. The molecule has 0 radical (unpaired) electrons. The Hall–Kier alpha value is -1.88. The molecule has 0 aliphatic rings. The van der Waals surface area contributed by atoms with Gasteiger partial charge in [0.05, 0.1) is 12.7 Å². The maximum Gasteiger partial charge on any atom is 0.121 e. The maximum absolute atomic E-state index is 10.3. The van der Waals surface area contributed by atoms with E-state index in [-0.39, 0.29) is 12.4 Å². The summed E-state index contributed by atoms with van der Waals surface area (Å²) >= 11 is 0. The first-order chi connectivity index (χ1) is 15.1. The minimum absolute atomic E-state index is 0.0738. The molecule has 2 aromatic rings. The second-order valence-electron chi connectivity index (χ2n) is 8.53. The summed E-state index contributed by atoms with van der Waals surface area (Å²) < 4.78 is 5.76. The number of hydrogen-bond acceptors (Lipinski definition) is 4. The molecule has 2 rings (SSSR count). The fraction of sp³-hybridized carbons (Fsp3) is 0.556. The van der Waals surface area contributed by atoms with E-state index >= 15 is 0 Å². The fourth-order valence-corrected chi connectivity index (χ4v) is 3.86. The molecular formula is C27H40O4. The number of aryl methyl sites for hydroxylation is 2. The largest absolute Gasteiger partial charge is 0.508 e. The smallest absolute Gasteiger partial charge is 0.121 e. The van der Waals surface area contributed by atoms with E-state index in [1.54, 1.807) is 12.1 Å². The third-order valence-corrected chi connectivity index (χ3v) is 5.76. The van der Waals surface area contributed by atoms with Gasteiger partial charge in [-0.3, -0.25) is 0 Å². The van der Waals surface area contributed by atoms with E-state index in [4.69, 9.17) is 4.74 Å². The van der Waals surface area contributed by atoms with Crippen molar-refractivity contribution in [3.8, 4) is 5.75 Å². The summed E-state index contributed by atoms with van der Waals surface area (Å²) in [4.78, 5) is 0. The fourth-order valence-electron chi connectivity index (χ4n) is 3.86. The summed E-state index contributed by atoms with van der Waals surface area (Å²) in [5, 5.41) is 29.1. The van der Waals surface area contributed by atoms with Gasteiger partial charge < -0.3 is 20.1 Å². The summed E-state index contributed by atoms with van der Waals surface area (Å²) in [5.74, 6) is 0.0738. The predicted octanol–water partition coefficient (Wildman–Crippen LogP) is 6.00. The van der Waals surface area contributed by atoms with Crippen molar-refractivity contribution in [3.63, 3.8) is 0 Å². The average molecular weight is 429 g/mol. The van der Waals surface area contributed by atoms with Crippen LogP contribution >= 0.6 is 0 Å². The molecular weight excluding hydrogens is 388 g/mol. The highest BCUT2D eigenvalue weighted by molar-refractivity contribution is 5.36. The van der Waals surface area contributed by atoms with Crippen molar-refractivity contribution in [2.75, 3.05) is 13.2 Å². The molecule has 31 heavy (non-hydrogen) atoms. The monoisotopic (exact) mass is 428 g/mol. The van der Waals surface area contributed by atoms with Crippen molar-refractivity contribution in [1.29, 1.82) is 0 Å². The Labute approximate surface area is 187 Å². The topological polar surface area (TPSA) is 69.9 Å². The summed E-state index contributed by atoms with van der Waals surface area (Å²) in [7, 11) is 0. The molecule has 0 amide bonds. The van der Waals surface area contributed by atoms with Crippen LogP contribution in [0.5, 0.6) is 5.75 Å². The van der Waals surface area contributed by atoms with Crippen LogP contribution in [-0.4, -0.2) is 28.5 Å². The Morgan fingerprint density at radius 2 is 1.55 bits per heavy atom. The average Bonchev–Trinajstić information content (AvgIpc) is 2.77. The Kier molecular flexibility index (Phi) is 12.3. The van der Waals surface area contributed by atoms with Crippen molar-refractivity contribution < 1.29 is 20.1 Å². The predicted molar refractivity (Wildman–Crippen MR) is 126 cm³/mol. The van der Waals surface area contributed by atoms with Gasteiger partial charge in [-0.1, -0.05) is 68.0 Å². The SMILES string of the molecule is Cc1cccc(CCCCOCCCCCCCC[C@H](O)c2ccc(O)c(CO)c2)c1. The molecule has 2 aromatic carbocycles. The first kappa shape index (κ1) is 25.4. The van der Waals surface area contributed by atoms with Gasteiger partial charge >= 0.3 is 0 Å². The molecule has 0 spiro atoms. The number of phenols is 1. The first-order valence-corrected chi connectivity index (χ1v) is 11.8. The van der Waals surface area contributed by atoms with E-state index in [0.717, 1.165) is 50.9 Å². The normalized spacial score (nSPS) is 12.2. The zero-order chi connectivity index (χ0) is 22.3. The molecule has 172 valence electrons. The minimum Gasteiger partial charge on any atom is -0.508 e. The highest BCUT2D eigenvalue weighted by Crippen LogP contribution is 2.25. The van der Waals surface area contributed by atoms with Crippen LogP contribution in [0.3, 0.4) is 0 Å². The summed E-state index contributed by atoms with van der Waals surface area (Å²) in [6.45, 7) is 3.64. The highest BCUT2D eigenvalue weighted by atomic mass is 16.5. The third-order valence-electron chi connectivity index (χ3n) is 5.76. The lowest BCUT2D eigenvalue weighted by Crippen LogP contribution is -1.99. The molecule has 0 unspecified atom stereocenters. The van der Waals surface area contributed by atoms with E-state index in [9.17, 15) is 15.3 Å². The second kappa shape index (κ2) is 15.0. The molecule has 0 aliphatic heterocycles. The summed E-state index contributed by atoms with van der Waals surface area (Å²) in [6.07, 6.45) is 10.4. The Balaban J connectivity index is 1.39. The number of aliphatic hydroxyl groups excluding tert-OH is 2. The molecule has 0 aromatic heterocycles. The van der Waals surface area contributed by atoms with Crippen molar-refractivity contribution in [1.82, 2.24) is 0 Å². The van der Waals surface area contributed by atoms with Crippen LogP contribution in [0.15, 0.2) is 42.5 Å². The number of rotatable bonds is 16. The van der Waals surface area contributed by atoms with E-state index in [0.29, 0.717) is 12.0 Å². The van der Waals surface area contributed by atoms with Crippen LogP contribution < -0.4 is 0 Å². The zero-order valence-electron chi connectivity index (χ0n) is 19.1. The van der Waals surface area contributed by atoms with Crippen molar-refractivity contribution in [2.24, 2.45) is 0 Å². The highest BCUT2D eigenvalue weighted by Gasteiger charge is 2.10. The lowest BCUT2D eigenvalue weighted by molar-refractivity contribution is 0.126.